The molecule has 0 amide bonds. The third-order valence-corrected chi connectivity index (χ3v) is 6.02. The molecule has 1 unspecified atom stereocenters. The highest BCUT2D eigenvalue weighted by molar-refractivity contribution is 9.13. The zero-order valence-corrected chi connectivity index (χ0v) is 14.1. The van der Waals surface area contributed by atoms with Gasteiger partial charge in [-0.3, -0.25) is 0 Å². The number of rotatable bonds is 4. The molecule has 1 atom stereocenters. The summed E-state index contributed by atoms with van der Waals surface area (Å²) in [4.78, 5) is 12.1. The van der Waals surface area contributed by atoms with Crippen molar-refractivity contribution in [3.05, 3.63) is 48.5 Å². The minimum atomic E-state index is -0.957. The Hall–Kier alpha value is -0.560. The lowest BCUT2D eigenvalue weighted by molar-refractivity contribution is -0.138. The molecule has 2 aromatic rings. The van der Waals surface area contributed by atoms with Crippen molar-refractivity contribution >= 4 is 66.5 Å². The van der Waals surface area contributed by atoms with E-state index in [1.54, 1.807) is 30.3 Å². The molecule has 3 nitrogen and oxygen atoms in total. The Kier molecular flexibility index (Phi) is 4.89. The molecule has 0 bridgehead atoms. The quantitative estimate of drug-likeness (QED) is 0.711. The molecule has 1 aromatic carbocycles. The van der Waals surface area contributed by atoms with Gasteiger partial charge in [0.05, 0.1) is 14.5 Å². The molecular weight excluding hydrogens is 417 g/mol. The number of carbonyl (C=O) groups is 1. The highest BCUT2D eigenvalue weighted by Crippen LogP contribution is 2.37. The SMILES string of the molecule is O=C(O)C(Nc1ccccc1Cl)c1cc(Br)c(Br)s1. The van der Waals surface area contributed by atoms with Gasteiger partial charge >= 0.3 is 5.97 Å². The second-order valence-corrected chi connectivity index (χ2v) is 7.33. The lowest BCUT2D eigenvalue weighted by atomic mass is 10.2. The number of hydrogen-bond donors (Lipinski definition) is 2. The van der Waals surface area contributed by atoms with Crippen LogP contribution in [0.1, 0.15) is 10.9 Å². The Morgan fingerprint density at radius 2 is 2.05 bits per heavy atom. The molecular formula is C12H8Br2ClNO2S. The molecule has 0 saturated heterocycles. The number of benzene rings is 1. The first-order valence-corrected chi connectivity index (χ1v) is 7.95. The standard InChI is InChI=1S/C12H8Br2ClNO2S/c13-6-5-9(19-11(6)14)10(12(17)18)16-8-4-2-1-3-7(8)15/h1-5,10,16H,(H,17,18). The maximum atomic E-state index is 11.4. The Balaban J connectivity index is 2.32. The Labute approximate surface area is 135 Å². The molecule has 0 aliphatic carbocycles. The average Bonchev–Trinajstić information content (AvgIpc) is 2.68. The topological polar surface area (TPSA) is 49.3 Å². The van der Waals surface area contributed by atoms with Crippen molar-refractivity contribution in [2.45, 2.75) is 6.04 Å². The van der Waals surface area contributed by atoms with E-state index in [2.05, 4.69) is 37.2 Å². The number of halogens is 3. The van der Waals surface area contributed by atoms with Crippen molar-refractivity contribution in [3.8, 4) is 0 Å². The first-order chi connectivity index (χ1) is 8.99. The third-order valence-electron chi connectivity index (χ3n) is 2.37. The zero-order chi connectivity index (χ0) is 14.0. The summed E-state index contributed by atoms with van der Waals surface area (Å²) in [5.41, 5.74) is 0.595. The first kappa shape index (κ1) is 14.8. The van der Waals surface area contributed by atoms with Crippen molar-refractivity contribution in [3.63, 3.8) is 0 Å². The van der Waals surface area contributed by atoms with E-state index in [0.29, 0.717) is 15.6 Å². The third kappa shape index (κ3) is 3.51. The van der Waals surface area contributed by atoms with Crippen LogP contribution in [-0.4, -0.2) is 11.1 Å². The summed E-state index contributed by atoms with van der Waals surface area (Å²) in [5, 5.41) is 12.8. The number of carboxylic acid groups (broad SMARTS) is 1. The van der Waals surface area contributed by atoms with E-state index in [0.717, 1.165) is 8.26 Å². The molecule has 0 aliphatic rings. The van der Waals surface area contributed by atoms with Crippen LogP contribution in [0.15, 0.2) is 38.6 Å². The lowest BCUT2D eigenvalue weighted by Gasteiger charge is -2.15. The van der Waals surface area contributed by atoms with E-state index >= 15 is 0 Å². The van der Waals surface area contributed by atoms with E-state index in [1.807, 2.05) is 0 Å². The van der Waals surface area contributed by atoms with Crippen LogP contribution in [0.4, 0.5) is 5.69 Å². The number of aliphatic carboxylic acids is 1. The summed E-state index contributed by atoms with van der Waals surface area (Å²) in [7, 11) is 0. The summed E-state index contributed by atoms with van der Waals surface area (Å²) in [5.74, 6) is -0.957. The molecule has 1 heterocycles. The van der Waals surface area contributed by atoms with Gasteiger partial charge < -0.3 is 10.4 Å². The summed E-state index contributed by atoms with van der Waals surface area (Å²) in [6.45, 7) is 0. The summed E-state index contributed by atoms with van der Waals surface area (Å²) in [6, 6.07) is 7.98. The molecule has 1 aromatic heterocycles. The number of carboxylic acids is 1. The van der Waals surface area contributed by atoms with Gasteiger partial charge in [0.25, 0.3) is 0 Å². The monoisotopic (exact) mass is 423 g/mol. The fourth-order valence-corrected chi connectivity index (χ4v) is 3.82. The molecule has 0 saturated carbocycles. The highest BCUT2D eigenvalue weighted by atomic mass is 79.9. The summed E-state index contributed by atoms with van der Waals surface area (Å²) in [6.07, 6.45) is 0. The van der Waals surface area contributed by atoms with E-state index in [9.17, 15) is 9.90 Å². The molecule has 0 aliphatic heterocycles. The van der Waals surface area contributed by atoms with E-state index in [-0.39, 0.29) is 0 Å². The van der Waals surface area contributed by atoms with Crippen LogP contribution in [0, 0.1) is 0 Å². The van der Waals surface area contributed by atoms with Gasteiger partial charge in [-0.2, -0.15) is 0 Å². The number of hydrogen-bond acceptors (Lipinski definition) is 3. The smallest absolute Gasteiger partial charge is 0.331 e. The van der Waals surface area contributed by atoms with Gasteiger partial charge in [0.2, 0.25) is 0 Å². The highest BCUT2D eigenvalue weighted by Gasteiger charge is 2.23. The number of thiophene rings is 1. The van der Waals surface area contributed by atoms with Crippen molar-refractivity contribution in [2.24, 2.45) is 0 Å². The minimum Gasteiger partial charge on any atom is -0.479 e. The Morgan fingerprint density at radius 1 is 1.37 bits per heavy atom. The first-order valence-electron chi connectivity index (χ1n) is 5.17. The van der Waals surface area contributed by atoms with Crippen LogP contribution in [0.5, 0.6) is 0 Å². The van der Waals surface area contributed by atoms with Crippen LogP contribution in [0.25, 0.3) is 0 Å². The fraction of sp³-hybridized carbons (Fsp3) is 0.0833. The van der Waals surface area contributed by atoms with Crippen molar-refractivity contribution in [1.82, 2.24) is 0 Å². The Morgan fingerprint density at radius 3 is 2.58 bits per heavy atom. The normalized spacial score (nSPS) is 12.2. The predicted molar refractivity (Wildman–Crippen MR) is 85.2 cm³/mol. The van der Waals surface area contributed by atoms with Gasteiger partial charge in [-0.1, -0.05) is 23.7 Å². The maximum Gasteiger partial charge on any atom is 0.331 e. The zero-order valence-electron chi connectivity index (χ0n) is 9.36. The number of para-hydroxylation sites is 1. The van der Waals surface area contributed by atoms with Crippen molar-refractivity contribution in [2.75, 3.05) is 5.32 Å². The second-order valence-electron chi connectivity index (χ2n) is 3.67. The average molecular weight is 426 g/mol. The van der Waals surface area contributed by atoms with Crippen LogP contribution in [0.3, 0.4) is 0 Å². The van der Waals surface area contributed by atoms with E-state index in [4.69, 9.17) is 11.6 Å². The molecule has 19 heavy (non-hydrogen) atoms. The molecule has 0 fully saturated rings. The second kappa shape index (κ2) is 6.26. The maximum absolute atomic E-state index is 11.4. The summed E-state index contributed by atoms with van der Waals surface area (Å²) >= 11 is 14.1. The lowest BCUT2D eigenvalue weighted by Crippen LogP contribution is -2.19. The molecule has 100 valence electrons. The van der Waals surface area contributed by atoms with Gasteiger partial charge in [0.1, 0.15) is 0 Å². The number of nitrogens with one attached hydrogen (secondary N) is 1. The van der Waals surface area contributed by atoms with Crippen molar-refractivity contribution < 1.29 is 9.90 Å². The van der Waals surface area contributed by atoms with E-state index < -0.39 is 12.0 Å². The van der Waals surface area contributed by atoms with Crippen LogP contribution in [-0.2, 0) is 4.79 Å². The largest absolute Gasteiger partial charge is 0.479 e. The van der Waals surface area contributed by atoms with Gasteiger partial charge in [0, 0.05) is 9.35 Å². The van der Waals surface area contributed by atoms with Crippen molar-refractivity contribution in [1.29, 1.82) is 0 Å². The Bertz CT molecular complexity index is 598. The number of anilines is 1. The minimum absolute atomic E-state index is 0.489. The van der Waals surface area contributed by atoms with E-state index in [1.165, 1.54) is 11.3 Å². The molecule has 0 radical (unpaired) electrons. The predicted octanol–water partition coefficient (Wildman–Crippen LogP) is 5.16. The molecule has 2 N–H and O–H groups in total. The molecule has 2 rings (SSSR count). The van der Waals surface area contributed by atoms with Crippen LogP contribution in [0.2, 0.25) is 5.02 Å². The van der Waals surface area contributed by atoms with Gasteiger partial charge in [0.15, 0.2) is 6.04 Å². The molecule has 7 heteroatoms. The van der Waals surface area contributed by atoms with Crippen LogP contribution < -0.4 is 5.32 Å². The van der Waals surface area contributed by atoms with Gasteiger partial charge in [-0.25, -0.2) is 4.79 Å². The molecule has 0 spiro atoms. The van der Waals surface area contributed by atoms with Crippen LogP contribution >= 0.6 is 54.8 Å². The van der Waals surface area contributed by atoms with Gasteiger partial charge in [-0.15, -0.1) is 11.3 Å². The van der Waals surface area contributed by atoms with Gasteiger partial charge in [-0.05, 0) is 50.1 Å². The fourth-order valence-electron chi connectivity index (χ4n) is 1.49. The summed E-state index contributed by atoms with van der Waals surface area (Å²) < 4.78 is 1.69.